The molecule has 1 amide bonds. The number of nitrogens with zero attached hydrogens (tertiary/aromatic N) is 2. The first-order valence-electron chi connectivity index (χ1n) is 8.42. The molecule has 0 aromatic carbocycles. The maximum Gasteiger partial charge on any atom is 0.261 e. The van der Waals surface area contributed by atoms with Gasteiger partial charge in [0, 0.05) is 25.5 Å². The maximum atomic E-state index is 12.3. The quantitative estimate of drug-likeness (QED) is 0.911. The van der Waals surface area contributed by atoms with Crippen LogP contribution in [0.25, 0.3) is 0 Å². The molecule has 3 rings (SSSR count). The van der Waals surface area contributed by atoms with E-state index in [1.165, 1.54) is 42.7 Å². The molecule has 124 valence electrons. The van der Waals surface area contributed by atoms with Crippen LogP contribution < -0.4 is 5.32 Å². The molecule has 3 heterocycles. The number of amides is 1. The fourth-order valence-electron chi connectivity index (χ4n) is 3.33. The molecule has 5 heteroatoms. The van der Waals surface area contributed by atoms with Crippen LogP contribution in [-0.2, 0) is 7.05 Å². The first-order valence-corrected chi connectivity index (χ1v) is 9.30. The van der Waals surface area contributed by atoms with Gasteiger partial charge in [-0.3, -0.25) is 9.69 Å². The van der Waals surface area contributed by atoms with Crippen molar-refractivity contribution in [1.82, 2.24) is 14.8 Å². The molecule has 1 atom stereocenters. The lowest BCUT2D eigenvalue weighted by Gasteiger charge is -2.31. The fraction of sp³-hybridized carbons (Fsp3) is 0.500. The van der Waals surface area contributed by atoms with Gasteiger partial charge in [0.25, 0.3) is 5.91 Å². The largest absolute Gasteiger partial charge is 0.353 e. The monoisotopic (exact) mass is 331 g/mol. The van der Waals surface area contributed by atoms with E-state index in [0.29, 0.717) is 6.54 Å². The Morgan fingerprint density at radius 2 is 2.00 bits per heavy atom. The normalized spacial score (nSPS) is 17.6. The van der Waals surface area contributed by atoms with E-state index in [0.717, 1.165) is 18.0 Å². The average molecular weight is 331 g/mol. The number of aryl methyl sites for hydroxylation is 1. The van der Waals surface area contributed by atoms with Crippen molar-refractivity contribution in [2.75, 3.05) is 19.6 Å². The van der Waals surface area contributed by atoms with Crippen molar-refractivity contribution in [2.45, 2.75) is 31.7 Å². The van der Waals surface area contributed by atoms with Crippen LogP contribution in [0.15, 0.2) is 35.8 Å². The highest BCUT2D eigenvalue weighted by Gasteiger charge is 2.24. The van der Waals surface area contributed by atoms with Crippen LogP contribution in [0.2, 0.25) is 0 Å². The molecule has 23 heavy (non-hydrogen) atoms. The van der Waals surface area contributed by atoms with Crippen molar-refractivity contribution in [3.8, 4) is 0 Å². The molecule has 0 radical (unpaired) electrons. The van der Waals surface area contributed by atoms with Crippen molar-refractivity contribution >= 4 is 17.2 Å². The Balaban J connectivity index is 1.72. The van der Waals surface area contributed by atoms with Crippen molar-refractivity contribution < 1.29 is 4.79 Å². The molecular weight excluding hydrogens is 306 g/mol. The van der Waals surface area contributed by atoms with Crippen LogP contribution in [0.5, 0.6) is 0 Å². The second-order valence-electron chi connectivity index (χ2n) is 6.20. The summed E-state index contributed by atoms with van der Waals surface area (Å²) in [5.41, 5.74) is 1.28. The summed E-state index contributed by atoms with van der Waals surface area (Å²) in [5.74, 6) is 0.0361. The summed E-state index contributed by atoms with van der Waals surface area (Å²) in [6.45, 7) is 2.89. The predicted molar refractivity (Wildman–Crippen MR) is 94.8 cm³/mol. The minimum Gasteiger partial charge on any atom is -0.353 e. The second kappa shape index (κ2) is 7.79. The number of likely N-dealkylation sites (tertiary alicyclic amines) is 1. The molecule has 1 saturated heterocycles. The van der Waals surface area contributed by atoms with Gasteiger partial charge >= 0.3 is 0 Å². The Labute approximate surface area is 142 Å². The summed E-state index contributed by atoms with van der Waals surface area (Å²) in [7, 11) is 2.08. The smallest absolute Gasteiger partial charge is 0.261 e. The number of carbonyl (C=O) groups is 1. The number of aromatic nitrogens is 1. The summed E-state index contributed by atoms with van der Waals surface area (Å²) < 4.78 is 2.17. The summed E-state index contributed by atoms with van der Waals surface area (Å²) >= 11 is 1.49. The molecule has 0 aliphatic carbocycles. The summed E-state index contributed by atoms with van der Waals surface area (Å²) in [6, 6.07) is 8.30. The topological polar surface area (TPSA) is 37.3 Å². The van der Waals surface area contributed by atoms with Crippen LogP contribution in [0.3, 0.4) is 0 Å². The number of thiophene rings is 1. The predicted octanol–water partition coefficient (Wildman–Crippen LogP) is 3.43. The van der Waals surface area contributed by atoms with Gasteiger partial charge in [-0.15, -0.1) is 11.3 Å². The number of rotatable bonds is 5. The molecule has 1 aliphatic heterocycles. The van der Waals surface area contributed by atoms with Gasteiger partial charge in [0.2, 0.25) is 0 Å². The third-order valence-electron chi connectivity index (χ3n) is 4.61. The fourth-order valence-corrected chi connectivity index (χ4v) is 3.97. The van der Waals surface area contributed by atoms with Crippen LogP contribution in [0, 0.1) is 0 Å². The van der Waals surface area contributed by atoms with E-state index in [1.54, 1.807) is 0 Å². The molecule has 1 fully saturated rings. The number of carbonyl (C=O) groups excluding carboxylic acids is 1. The maximum absolute atomic E-state index is 12.3. The highest BCUT2D eigenvalue weighted by atomic mass is 32.1. The van der Waals surface area contributed by atoms with Gasteiger partial charge < -0.3 is 9.88 Å². The van der Waals surface area contributed by atoms with Crippen LogP contribution in [0.4, 0.5) is 0 Å². The third kappa shape index (κ3) is 4.03. The first-order chi connectivity index (χ1) is 11.3. The Bertz CT molecular complexity index is 612. The van der Waals surface area contributed by atoms with Crippen LogP contribution in [-0.4, -0.2) is 35.0 Å². The third-order valence-corrected chi connectivity index (χ3v) is 5.48. The lowest BCUT2D eigenvalue weighted by Crippen LogP contribution is -2.39. The zero-order valence-corrected chi connectivity index (χ0v) is 14.5. The van der Waals surface area contributed by atoms with Crippen LogP contribution in [0.1, 0.15) is 47.1 Å². The molecule has 0 spiro atoms. The van der Waals surface area contributed by atoms with Gasteiger partial charge in [0.15, 0.2) is 0 Å². The Morgan fingerprint density at radius 1 is 1.22 bits per heavy atom. The Morgan fingerprint density at radius 3 is 2.61 bits per heavy atom. The number of nitrogens with one attached hydrogen (secondary N) is 1. The van der Waals surface area contributed by atoms with Gasteiger partial charge in [0.05, 0.1) is 10.9 Å². The zero-order valence-electron chi connectivity index (χ0n) is 13.7. The standard InChI is InChI=1S/C18H25N3OS/c1-20-10-6-8-15(20)16(21-11-4-2-3-5-12-21)14-19-18(22)17-9-7-13-23-17/h6-10,13,16H,2-5,11-12,14H2,1H3,(H,19,22). The SMILES string of the molecule is Cn1cccc1C(CNC(=O)c1cccs1)N1CCCCCC1. The molecule has 2 aromatic rings. The van der Waals surface area contributed by atoms with Gasteiger partial charge in [-0.05, 0) is 49.5 Å². The lowest BCUT2D eigenvalue weighted by molar-refractivity contribution is 0.0935. The Kier molecular flexibility index (Phi) is 5.51. The van der Waals surface area contributed by atoms with Gasteiger partial charge in [-0.1, -0.05) is 18.9 Å². The molecule has 1 unspecified atom stereocenters. The van der Waals surface area contributed by atoms with E-state index >= 15 is 0 Å². The number of hydrogen-bond acceptors (Lipinski definition) is 3. The molecule has 4 nitrogen and oxygen atoms in total. The molecule has 0 saturated carbocycles. The summed E-state index contributed by atoms with van der Waals surface area (Å²) in [5, 5.41) is 5.08. The summed E-state index contributed by atoms with van der Waals surface area (Å²) in [6.07, 6.45) is 7.22. The zero-order chi connectivity index (χ0) is 16.1. The van der Waals surface area contributed by atoms with Crippen molar-refractivity contribution in [3.63, 3.8) is 0 Å². The number of hydrogen-bond donors (Lipinski definition) is 1. The first kappa shape index (κ1) is 16.3. The van der Waals surface area contributed by atoms with E-state index < -0.39 is 0 Å². The Hall–Kier alpha value is -1.59. The molecule has 2 aromatic heterocycles. The van der Waals surface area contributed by atoms with Gasteiger partial charge in [-0.25, -0.2) is 0 Å². The van der Waals surface area contributed by atoms with E-state index in [1.807, 2.05) is 17.5 Å². The van der Waals surface area contributed by atoms with Gasteiger partial charge in [-0.2, -0.15) is 0 Å². The summed E-state index contributed by atoms with van der Waals surface area (Å²) in [4.78, 5) is 15.6. The minimum atomic E-state index is 0.0361. The molecule has 1 aliphatic rings. The molecular formula is C18H25N3OS. The second-order valence-corrected chi connectivity index (χ2v) is 7.14. The highest BCUT2D eigenvalue weighted by molar-refractivity contribution is 7.12. The van der Waals surface area contributed by atoms with Crippen molar-refractivity contribution in [1.29, 1.82) is 0 Å². The van der Waals surface area contributed by atoms with Crippen molar-refractivity contribution in [3.05, 3.63) is 46.4 Å². The van der Waals surface area contributed by atoms with Crippen molar-refractivity contribution in [2.24, 2.45) is 7.05 Å². The average Bonchev–Trinajstić information content (AvgIpc) is 3.15. The lowest BCUT2D eigenvalue weighted by atomic mass is 10.1. The molecule has 0 bridgehead atoms. The van der Waals surface area contributed by atoms with E-state index in [9.17, 15) is 4.79 Å². The van der Waals surface area contributed by atoms with Gasteiger partial charge in [0.1, 0.15) is 0 Å². The highest BCUT2D eigenvalue weighted by Crippen LogP contribution is 2.24. The van der Waals surface area contributed by atoms with E-state index in [4.69, 9.17) is 0 Å². The van der Waals surface area contributed by atoms with E-state index in [2.05, 4.69) is 40.2 Å². The van der Waals surface area contributed by atoms with E-state index in [-0.39, 0.29) is 11.9 Å². The minimum absolute atomic E-state index is 0.0361. The van der Waals surface area contributed by atoms with Crippen LogP contribution >= 0.6 is 11.3 Å². The molecule has 1 N–H and O–H groups in total.